The molecule has 0 aromatic carbocycles. The highest BCUT2D eigenvalue weighted by molar-refractivity contribution is 5.91. The maximum Gasteiger partial charge on any atom is 0.410 e. The molecule has 1 saturated heterocycles. The van der Waals surface area contributed by atoms with Gasteiger partial charge in [0.2, 0.25) is 11.8 Å². The van der Waals surface area contributed by atoms with Crippen molar-refractivity contribution >= 4 is 17.9 Å². The molecule has 2 fully saturated rings. The molecule has 30 heavy (non-hydrogen) atoms. The van der Waals surface area contributed by atoms with Crippen molar-refractivity contribution in [3.8, 4) is 0 Å². The number of ether oxygens (including phenoxy) is 1. The van der Waals surface area contributed by atoms with Crippen LogP contribution in [0.3, 0.4) is 0 Å². The molecular formula is C22H39N3O5. The highest BCUT2D eigenvalue weighted by atomic mass is 16.6. The van der Waals surface area contributed by atoms with Gasteiger partial charge in [0.15, 0.2) is 0 Å². The van der Waals surface area contributed by atoms with Crippen LogP contribution in [-0.2, 0) is 14.3 Å². The molecule has 0 spiro atoms. The van der Waals surface area contributed by atoms with Crippen LogP contribution in [0.4, 0.5) is 4.79 Å². The third-order valence-corrected chi connectivity index (χ3v) is 6.20. The largest absolute Gasteiger partial charge is 0.444 e. The van der Waals surface area contributed by atoms with E-state index in [9.17, 15) is 19.5 Å². The van der Waals surface area contributed by atoms with Crippen molar-refractivity contribution < 1.29 is 24.2 Å². The van der Waals surface area contributed by atoms with Gasteiger partial charge >= 0.3 is 6.09 Å². The number of likely N-dealkylation sites (N-methyl/N-ethyl adjacent to an activating group) is 1. The number of likely N-dealkylation sites (tertiary alicyclic amines) is 1. The number of carbonyl (C=O) groups is 3. The summed E-state index contributed by atoms with van der Waals surface area (Å²) in [6.45, 7) is 7.50. The SMILES string of the molecule is C[C@@H](C(=O)N[C@H](C(=O)N1CCC[C@H]1CO)C1CCCCC1)N(C)C(=O)OC(C)(C)C. The topological polar surface area (TPSA) is 99.2 Å². The van der Waals surface area contributed by atoms with Crippen molar-refractivity contribution in [3.05, 3.63) is 0 Å². The molecule has 0 aromatic heterocycles. The summed E-state index contributed by atoms with van der Waals surface area (Å²) in [5.74, 6) is -0.403. The first-order valence-corrected chi connectivity index (χ1v) is 11.2. The fraction of sp³-hybridized carbons (Fsp3) is 0.864. The number of nitrogens with zero attached hydrogens (tertiary/aromatic N) is 2. The fourth-order valence-electron chi connectivity index (χ4n) is 4.28. The van der Waals surface area contributed by atoms with Crippen LogP contribution in [0.15, 0.2) is 0 Å². The second-order valence-corrected chi connectivity index (χ2v) is 9.66. The summed E-state index contributed by atoms with van der Waals surface area (Å²) < 4.78 is 5.35. The minimum Gasteiger partial charge on any atom is -0.444 e. The number of hydrogen-bond acceptors (Lipinski definition) is 5. The lowest BCUT2D eigenvalue weighted by Gasteiger charge is -2.36. The summed E-state index contributed by atoms with van der Waals surface area (Å²) in [7, 11) is 1.53. The molecule has 8 nitrogen and oxygen atoms in total. The van der Waals surface area contributed by atoms with Crippen LogP contribution < -0.4 is 5.32 Å². The lowest BCUT2D eigenvalue weighted by atomic mass is 9.83. The molecule has 2 rings (SSSR count). The van der Waals surface area contributed by atoms with Gasteiger partial charge in [-0.3, -0.25) is 14.5 Å². The lowest BCUT2D eigenvalue weighted by Crippen LogP contribution is -2.57. The molecular weight excluding hydrogens is 386 g/mol. The van der Waals surface area contributed by atoms with E-state index in [2.05, 4.69) is 5.32 Å². The smallest absolute Gasteiger partial charge is 0.410 e. The molecule has 1 aliphatic heterocycles. The monoisotopic (exact) mass is 425 g/mol. The Hall–Kier alpha value is -1.83. The van der Waals surface area contributed by atoms with Gasteiger partial charge in [-0.25, -0.2) is 4.79 Å². The van der Waals surface area contributed by atoms with E-state index < -0.39 is 23.8 Å². The van der Waals surface area contributed by atoms with Crippen molar-refractivity contribution in [1.82, 2.24) is 15.1 Å². The van der Waals surface area contributed by atoms with E-state index in [1.807, 2.05) is 0 Å². The summed E-state index contributed by atoms with van der Waals surface area (Å²) in [5, 5.41) is 12.6. The highest BCUT2D eigenvalue weighted by Gasteiger charge is 2.39. The minimum atomic E-state index is -0.772. The van der Waals surface area contributed by atoms with Crippen LogP contribution in [0, 0.1) is 5.92 Å². The Labute approximate surface area is 180 Å². The lowest BCUT2D eigenvalue weighted by molar-refractivity contribution is -0.140. The Morgan fingerprint density at radius 3 is 2.33 bits per heavy atom. The standard InChI is InChI=1S/C22H39N3O5/c1-15(24(5)21(29)30-22(2,3)4)19(27)23-18(16-10-7-6-8-11-16)20(28)25-13-9-12-17(25)14-26/h15-18,26H,6-14H2,1-5H3,(H,23,27)/t15-,17-,18-/m0/s1. The van der Waals surface area contributed by atoms with Gasteiger partial charge in [0.25, 0.3) is 0 Å². The van der Waals surface area contributed by atoms with Gasteiger partial charge < -0.3 is 20.1 Å². The van der Waals surface area contributed by atoms with Crippen LogP contribution in [0.25, 0.3) is 0 Å². The van der Waals surface area contributed by atoms with E-state index in [1.165, 1.54) is 11.9 Å². The molecule has 1 saturated carbocycles. The summed E-state index contributed by atoms with van der Waals surface area (Å²) in [6.07, 6.45) is 6.08. The number of carbonyl (C=O) groups excluding carboxylic acids is 3. The summed E-state index contributed by atoms with van der Waals surface area (Å²) in [6, 6.07) is -1.58. The van der Waals surface area contributed by atoms with Gasteiger partial charge in [0.1, 0.15) is 17.7 Å². The number of rotatable bonds is 6. The van der Waals surface area contributed by atoms with Crippen LogP contribution in [0.1, 0.15) is 72.6 Å². The maximum atomic E-state index is 13.4. The quantitative estimate of drug-likeness (QED) is 0.680. The van der Waals surface area contributed by atoms with Gasteiger partial charge in [0, 0.05) is 13.6 Å². The zero-order chi connectivity index (χ0) is 22.5. The van der Waals surface area contributed by atoms with Crippen LogP contribution in [0.2, 0.25) is 0 Å². The van der Waals surface area contributed by atoms with Gasteiger partial charge in [-0.05, 0) is 59.3 Å². The Bertz CT molecular complexity index is 612. The van der Waals surface area contributed by atoms with Gasteiger partial charge in [0.05, 0.1) is 12.6 Å². The second-order valence-electron chi connectivity index (χ2n) is 9.66. The normalized spacial score (nSPS) is 22.3. The Balaban J connectivity index is 2.11. The molecule has 2 N–H and O–H groups in total. The van der Waals surface area contributed by atoms with Crippen molar-refractivity contribution in [2.24, 2.45) is 5.92 Å². The van der Waals surface area contributed by atoms with E-state index in [0.29, 0.717) is 6.54 Å². The Kier molecular flexibility index (Phi) is 8.52. The van der Waals surface area contributed by atoms with Crippen LogP contribution >= 0.6 is 0 Å². The summed E-state index contributed by atoms with van der Waals surface area (Å²) in [5.41, 5.74) is -0.656. The van der Waals surface area contributed by atoms with E-state index in [4.69, 9.17) is 4.74 Å². The molecule has 1 aliphatic carbocycles. The molecule has 0 aromatic rings. The van der Waals surface area contributed by atoms with Crippen LogP contribution in [0.5, 0.6) is 0 Å². The van der Waals surface area contributed by atoms with Crippen molar-refractivity contribution in [2.75, 3.05) is 20.2 Å². The molecule has 2 aliphatic rings. The molecule has 0 radical (unpaired) electrons. The maximum absolute atomic E-state index is 13.4. The van der Waals surface area contributed by atoms with Crippen LogP contribution in [-0.4, -0.2) is 76.7 Å². The molecule has 0 bridgehead atoms. The zero-order valence-corrected chi connectivity index (χ0v) is 19.1. The predicted molar refractivity (Wildman–Crippen MR) is 114 cm³/mol. The number of amides is 3. The van der Waals surface area contributed by atoms with Gasteiger partial charge in [-0.2, -0.15) is 0 Å². The minimum absolute atomic E-state index is 0.0607. The third kappa shape index (κ3) is 6.33. The zero-order valence-electron chi connectivity index (χ0n) is 19.1. The van der Waals surface area contributed by atoms with Gasteiger partial charge in [-0.15, -0.1) is 0 Å². The second kappa shape index (κ2) is 10.5. The number of nitrogens with one attached hydrogen (secondary N) is 1. The molecule has 8 heteroatoms. The third-order valence-electron chi connectivity index (χ3n) is 6.20. The van der Waals surface area contributed by atoms with E-state index in [-0.39, 0.29) is 30.4 Å². The van der Waals surface area contributed by atoms with E-state index in [1.54, 1.807) is 32.6 Å². The average Bonchev–Trinajstić information content (AvgIpc) is 3.18. The first kappa shape index (κ1) is 24.4. The van der Waals surface area contributed by atoms with Gasteiger partial charge in [-0.1, -0.05) is 19.3 Å². The molecule has 1 heterocycles. The Morgan fingerprint density at radius 2 is 1.77 bits per heavy atom. The molecule has 0 unspecified atom stereocenters. The average molecular weight is 426 g/mol. The summed E-state index contributed by atoms with van der Waals surface area (Å²) >= 11 is 0. The number of aliphatic hydroxyl groups is 1. The Morgan fingerprint density at radius 1 is 1.13 bits per heavy atom. The van der Waals surface area contributed by atoms with Crippen molar-refractivity contribution in [2.45, 2.75) is 96.4 Å². The van der Waals surface area contributed by atoms with E-state index >= 15 is 0 Å². The first-order valence-electron chi connectivity index (χ1n) is 11.2. The predicted octanol–water partition coefficient (Wildman–Crippen LogP) is 2.29. The molecule has 3 amide bonds. The fourth-order valence-corrected chi connectivity index (χ4v) is 4.28. The van der Waals surface area contributed by atoms with Crippen molar-refractivity contribution in [3.63, 3.8) is 0 Å². The molecule has 172 valence electrons. The summed E-state index contributed by atoms with van der Waals surface area (Å²) in [4.78, 5) is 41.7. The van der Waals surface area contributed by atoms with E-state index in [0.717, 1.165) is 44.9 Å². The molecule has 3 atom stereocenters. The number of hydrogen-bond donors (Lipinski definition) is 2. The highest BCUT2D eigenvalue weighted by Crippen LogP contribution is 2.29. The first-order chi connectivity index (χ1) is 14.0. The van der Waals surface area contributed by atoms with Crippen molar-refractivity contribution in [1.29, 1.82) is 0 Å². The number of aliphatic hydroxyl groups excluding tert-OH is 1.